The third-order valence-electron chi connectivity index (χ3n) is 7.80. The number of amides is 1. The Kier molecular flexibility index (Phi) is 6.53. The fourth-order valence-corrected chi connectivity index (χ4v) is 5.50. The number of ether oxygens (including phenoxy) is 1. The van der Waals surface area contributed by atoms with E-state index < -0.39 is 5.95 Å². The number of anilines is 1. The van der Waals surface area contributed by atoms with Gasteiger partial charge in [-0.3, -0.25) is 4.79 Å². The van der Waals surface area contributed by atoms with Crippen LogP contribution < -0.4 is 11.1 Å². The minimum atomic E-state index is -0.604. The number of halogens is 1. The maximum atomic E-state index is 15.0. The van der Waals surface area contributed by atoms with Crippen LogP contribution in [0.15, 0.2) is 48.5 Å². The predicted octanol–water partition coefficient (Wildman–Crippen LogP) is 4.77. The molecule has 6 nitrogen and oxygen atoms in total. The van der Waals surface area contributed by atoms with Crippen molar-refractivity contribution in [2.24, 2.45) is 0 Å². The zero-order chi connectivity index (χ0) is 25.4. The molecule has 7 heteroatoms. The monoisotopic (exact) mass is 488 g/mol. The summed E-state index contributed by atoms with van der Waals surface area (Å²) in [5.41, 5.74) is 11.1. The van der Waals surface area contributed by atoms with Crippen LogP contribution in [0.3, 0.4) is 0 Å². The van der Waals surface area contributed by atoms with Gasteiger partial charge in [0.15, 0.2) is 0 Å². The molecular formula is C29H33FN4O2. The molecule has 1 saturated heterocycles. The normalized spacial score (nSPS) is 17.6. The highest BCUT2D eigenvalue weighted by Gasteiger charge is 2.36. The van der Waals surface area contributed by atoms with E-state index in [2.05, 4.69) is 29.0 Å². The molecule has 2 aliphatic heterocycles. The average Bonchev–Trinajstić information content (AvgIpc) is 2.89. The van der Waals surface area contributed by atoms with E-state index in [1.165, 1.54) is 0 Å². The Morgan fingerprint density at radius 1 is 1.03 bits per heavy atom. The third kappa shape index (κ3) is 4.38. The number of benzene rings is 2. The third-order valence-corrected chi connectivity index (χ3v) is 7.80. The molecule has 1 aromatic heterocycles. The first kappa shape index (κ1) is 24.4. The van der Waals surface area contributed by atoms with Gasteiger partial charge in [-0.25, -0.2) is 4.98 Å². The number of fused-ring (bicyclic) bond motifs is 1. The van der Waals surface area contributed by atoms with Crippen LogP contribution in [0, 0.1) is 5.95 Å². The zero-order valence-corrected chi connectivity index (χ0v) is 21.1. The number of piperidine rings is 1. The van der Waals surface area contributed by atoms with Crippen molar-refractivity contribution in [3.63, 3.8) is 0 Å². The SMILES string of the molecule is COC1(c2ccc(-c3cc(-c4ccc5c(c4)CCNC5=O)c(N)nc3F)cc2)CCN(C(C)C)CC1. The Hall–Kier alpha value is -3.29. The van der Waals surface area contributed by atoms with E-state index in [1.54, 1.807) is 19.2 Å². The molecule has 188 valence electrons. The van der Waals surface area contributed by atoms with Crippen molar-refractivity contribution < 1.29 is 13.9 Å². The lowest BCUT2D eigenvalue weighted by molar-refractivity contribution is -0.0669. The Labute approximate surface area is 211 Å². The smallest absolute Gasteiger partial charge is 0.251 e. The molecule has 2 aromatic carbocycles. The van der Waals surface area contributed by atoms with E-state index in [0.717, 1.165) is 54.6 Å². The first-order valence-corrected chi connectivity index (χ1v) is 12.6. The lowest BCUT2D eigenvalue weighted by Gasteiger charge is -2.42. The first-order valence-electron chi connectivity index (χ1n) is 12.6. The molecule has 0 aliphatic carbocycles. The van der Waals surface area contributed by atoms with Crippen LogP contribution in [0.1, 0.15) is 48.2 Å². The molecule has 0 unspecified atom stereocenters. The lowest BCUT2D eigenvalue weighted by atomic mass is 9.83. The fourth-order valence-electron chi connectivity index (χ4n) is 5.50. The van der Waals surface area contributed by atoms with Gasteiger partial charge < -0.3 is 20.7 Å². The van der Waals surface area contributed by atoms with Crippen LogP contribution in [0.4, 0.5) is 10.2 Å². The number of hydrogen-bond donors (Lipinski definition) is 2. The maximum Gasteiger partial charge on any atom is 0.251 e. The van der Waals surface area contributed by atoms with Crippen molar-refractivity contribution in [3.8, 4) is 22.3 Å². The number of nitrogen functional groups attached to an aromatic ring is 1. The summed E-state index contributed by atoms with van der Waals surface area (Å²) >= 11 is 0. The highest BCUT2D eigenvalue weighted by atomic mass is 19.1. The second-order valence-electron chi connectivity index (χ2n) is 10.0. The van der Waals surface area contributed by atoms with Gasteiger partial charge in [-0.2, -0.15) is 4.39 Å². The van der Waals surface area contributed by atoms with Crippen LogP contribution in [0.5, 0.6) is 0 Å². The number of hydrogen-bond acceptors (Lipinski definition) is 5. The number of rotatable bonds is 5. The molecular weight excluding hydrogens is 455 g/mol. The molecule has 0 spiro atoms. The van der Waals surface area contributed by atoms with Gasteiger partial charge in [0.25, 0.3) is 5.91 Å². The van der Waals surface area contributed by atoms with Crippen molar-refractivity contribution in [3.05, 3.63) is 71.2 Å². The lowest BCUT2D eigenvalue weighted by Crippen LogP contribution is -2.46. The van der Waals surface area contributed by atoms with Gasteiger partial charge in [0.2, 0.25) is 5.95 Å². The van der Waals surface area contributed by atoms with Gasteiger partial charge in [0, 0.05) is 49.5 Å². The molecule has 36 heavy (non-hydrogen) atoms. The Morgan fingerprint density at radius 2 is 1.72 bits per heavy atom. The number of nitrogens with zero attached hydrogens (tertiary/aromatic N) is 2. The van der Waals surface area contributed by atoms with Gasteiger partial charge in [-0.15, -0.1) is 0 Å². The molecule has 5 rings (SSSR count). The number of carbonyl (C=O) groups is 1. The van der Waals surface area contributed by atoms with Crippen LogP contribution in [0.25, 0.3) is 22.3 Å². The van der Waals surface area contributed by atoms with Crippen LogP contribution in [-0.2, 0) is 16.8 Å². The summed E-state index contributed by atoms with van der Waals surface area (Å²) in [6, 6.07) is 15.8. The summed E-state index contributed by atoms with van der Waals surface area (Å²) in [7, 11) is 1.77. The number of nitrogens with two attached hydrogens (primary N) is 1. The Bertz CT molecular complexity index is 1280. The number of pyridine rings is 1. The number of carbonyl (C=O) groups excluding carboxylic acids is 1. The van der Waals surface area contributed by atoms with Crippen molar-refractivity contribution in [1.29, 1.82) is 0 Å². The van der Waals surface area contributed by atoms with Crippen molar-refractivity contribution >= 4 is 11.7 Å². The summed E-state index contributed by atoms with van der Waals surface area (Å²) in [4.78, 5) is 18.6. The predicted molar refractivity (Wildman–Crippen MR) is 140 cm³/mol. The molecule has 3 heterocycles. The molecule has 0 bridgehead atoms. The topological polar surface area (TPSA) is 80.5 Å². The molecule has 3 aromatic rings. The second kappa shape index (κ2) is 9.64. The van der Waals surface area contributed by atoms with Crippen molar-refractivity contribution in [1.82, 2.24) is 15.2 Å². The average molecular weight is 489 g/mol. The van der Waals surface area contributed by atoms with Crippen molar-refractivity contribution in [2.75, 3.05) is 32.5 Å². The molecule has 3 N–H and O–H groups in total. The summed E-state index contributed by atoms with van der Waals surface area (Å²) in [6.07, 6.45) is 2.58. The highest BCUT2D eigenvalue weighted by molar-refractivity contribution is 5.97. The molecule has 0 saturated carbocycles. The minimum Gasteiger partial charge on any atom is -0.383 e. The fraction of sp³-hybridized carbons (Fsp3) is 0.379. The number of methoxy groups -OCH3 is 1. The minimum absolute atomic E-state index is 0.0718. The molecule has 1 amide bonds. The van der Waals surface area contributed by atoms with Crippen molar-refractivity contribution in [2.45, 2.75) is 44.8 Å². The molecule has 2 aliphatic rings. The maximum absolute atomic E-state index is 15.0. The van der Waals surface area contributed by atoms with Gasteiger partial charge in [0.1, 0.15) is 5.82 Å². The molecule has 1 fully saturated rings. The van der Waals surface area contributed by atoms with Gasteiger partial charge in [-0.05, 0) is 67.5 Å². The number of likely N-dealkylation sites (tertiary alicyclic amines) is 1. The second-order valence-corrected chi connectivity index (χ2v) is 10.0. The first-order chi connectivity index (χ1) is 17.3. The van der Waals surface area contributed by atoms with E-state index in [0.29, 0.717) is 29.3 Å². The highest BCUT2D eigenvalue weighted by Crippen LogP contribution is 2.38. The summed E-state index contributed by atoms with van der Waals surface area (Å²) in [6.45, 7) is 7.01. The molecule has 0 radical (unpaired) electrons. The number of nitrogens with one attached hydrogen (secondary N) is 1. The quantitative estimate of drug-likeness (QED) is 0.506. The summed E-state index contributed by atoms with van der Waals surface area (Å²) in [5.74, 6) is -0.547. The van der Waals surface area contributed by atoms with Crippen LogP contribution in [-0.4, -0.2) is 48.6 Å². The van der Waals surface area contributed by atoms with E-state index in [4.69, 9.17) is 10.5 Å². The van der Waals surface area contributed by atoms with Gasteiger partial charge in [0.05, 0.1) is 5.60 Å². The standard InChI is InChI=1S/C29H33FN4O2/c1-18(2)34-14-11-29(36-3,12-15-34)22-7-4-19(5-8-22)24-17-25(27(31)33-26(24)30)20-6-9-23-21(16-20)10-13-32-28(23)35/h4-9,16-18H,10-15H2,1-3H3,(H2,31,33)(H,32,35). The van der Waals surface area contributed by atoms with E-state index >= 15 is 0 Å². The van der Waals surface area contributed by atoms with E-state index in [1.807, 2.05) is 36.4 Å². The largest absolute Gasteiger partial charge is 0.383 e. The van der Waals surface area contributed by atoms with E-state index in [-0.39, 0.29) is 17.3 Å². The number of aromatic nitrogens is 1. The summed E-state index contributed by atoms with van der Waals surface area (Å²) in [5, 5.41) is 2.85. The Balaban J connectivity index is 1.46. The van der Waals surface area contributed by atoms with Gasteiger partial charge in [-0.1, -0.05) is 36.4 Å². The zero-order valence-electron chi connectivity index (χ0n) is 21.1. The van der Waals surface area contributed by atoms with Crippen LogP contribution >= 0.6 is 0 Å². The van der Waals surface area contributed by atoms with E-state index in [9.17, 15) is 9.18 Å². The van der Waals surface area contributed by atoms with Crippen LogP contribution in [0.2, 0.25) is 0 Å². The Morgan fingerprint density at radius 3 is 2.39 bits per heavy atom. The molecule has 0 atom stereocenters. The summed E-state index contributed by atoms with van der Waals surface area (Å²) < 4.78 is 21.0. The van der Waals surface area contributed by atoms with Gasteiger partial charge >= 0.3 is 0 Å².